The normalized spacial score (nSPS) is 14.3. The molecule has 0 aromatic heterocycles. The van der Waals surface area contributed by atoms with E-state index in [-0.39, 0.29) is 12.5 Å². The van der Waals surface area contributed by atoms with Crippen molar-refractivity contribution >= 4 is 11.9 Å². The number of benzene rings is 2. The number of nitrogens with zero attached hydrogens (tertiary/aromatic N) is 1. The molecule has 0 bridgehead atoms. The fourth-order valence-corrected chi connectivity index (χ4v) is 3.17. The van der Waals surface area contributed by atoms with Crippen LogP contribution >= 0.6 is 0 Å². The zero-order valence-electron chi connectivity index (χ0n) is 16.0. The fourth-order valence-electron chi connectivity index (χ4n) is 3.17. The first-order valence-electron chi connectivity index (χ1n) is 9.19. The Morgan fingerprint density at radius 2 is 1.81 bits per heavy atom. The largest absolute Gasteiger partial charge is 0.482 e. The van der Waals surface area contributed by atoms with Gasteiger partial charge < -0.3 is 14.4 Å². The van der Waals surface area contributed by atoms with Crippen LogP contribution in [-0.4, -0.2) is 36.0 Å². The second-order valence-corrected chi connectivity index (χ2v) is 6.95. The first kappa shape index (κ1) is 19.0. The van der Waals surface area contributed by atoms with Crippen molar-refractivity contribution in [3.63, 3.8) is 0 Å². The lowest BCUT2D eigenvalue weighted by Gasteiger charge is -2.30. The van der Waals surface area contributed by atoms with Gasteiger partial charge in [-0.1, -0.05) is 30.3 Å². The first-order valence-corrected chi connectivity index (χ1v) is 9.19. The second-order valence-electron chi connectivity index (χ2n) is 6.95. The topological polar surface area (TPSA) is 55.8 Å². The van der Waals surface area contributed by atoms with E-state index in [1.54, 1.807) is 11.8 Å². The average Bonchev–Trinajstić information content (AvgIpc) is 2.67. The maximum Gasteiger partial charge on any atom is 0.344 e. The maximum absolute atomic E-state index is 12.6. The molecule has 1 heterocycles. The highest BCUT2D eigenvalue weighted by Crippen LogP contribution is 2.20. The minimum atomic E-state index is -0.828. The monoisotopic (exact) mass is 367 g/mol. The Hall–Kier alpha value is -2.82. The number of hydrogen-bond donors (Lipinski definition) is 0. The van der Waals surface area contributed by atoms with Gasteiger partial charge in [0.15, 0.2) is 12.7 Å². The van der Waals surface area contributed by atoms with Crippen molar-refractivity contribution in [1.82, 2.24) is 4.90 Å². The third-order valence-corrected chi connectivity index (χ3v) is 4.93. The first-order chi connectivity index (χ1) is 12.9. The predicted octanol–water partition coefficient (Wildman–Crippen LogP) is 3.20. The summed E-state index contributed by atoms with van der Waals surface area (Å²) in [5, 5.41) is 0. The molecule has 3 rings (SSSR count). The van der Waals surface area contributed by atoms with Crippen molar-refractivity contribution in [2.75, 3.05) is 13.2 Å². The second kappa shape index (κ2) is 8.25. The Kier molecular flexibility index (Phi) is 5.79. The van der Waals surface area contributed by atoms with Gasteiger partial charge in [-0.05, 0) is 61.6 Å². The molecular weight excluding hydrogens is 342 g/mol. The highest BCUT2D eigenvalue weighted by Gasteiger charge is 2.27. The van der Waals surface area contributed by atoms with Gasteiger partial charge in [-0.2, -0.15) is 0 Å². The van der Waals surface area contributed by atoms with Gasteiger partial charge in [-0.15, -0.1) is 0 Å². The molecule has 2 aromatic rings. The van der Waals surface area contributed by atoms with Gasteiger partial charge in [0.2, 0.25) is 0 Å². The third-order valence-electron chi connectivity index (χ3n) is 4.93. The zero-order chi connectivity index (χ0) is 19.4. The van der Waals surface area contributed by atoms with E-state index >= 15 is 0 Å². The van der Waals surface area contributed by atoms with E-state index in [4.69, 9.17) is 9.47 Å². The predicted molar refractivity (Wildman–Crippen MR) is 103 cm³/mol. The number of rotatable bonds is 5. The molecule has 5 heteroatoms. The number of carbonyl (C=O) groups excluding carboxylic acids is 2. The number of ether oxygens (including phenoxy) is 2. The van der Waals surface area contributed by atoms with E-state index in [9.17, 15) is 9.59 Å². The van der Waals surface area contributed by atoms with Crippen LogP contribution in [0.5, 0.6) is 5.75 Å². The van der Waals surface area contributed by atoms with Crippen molar-refractivity contribution in [2.45, 2.75) is 39.8 Å². The van der Waals surface area contributed by atoms with Crippen LogP contribution in [0.3, 0.4) is 0 Å². The van der Waals surface area contributed by atoms with Gasteiger partial charge in [0.05, 0.1) is 0 Å². The van der Waals surface area contributed by atoms with Crippen LogP contribution in [-0.2, 0) is 27.3 Å². The van der Waals surface area contributed by atoms with Gasteiger partial charge in [-0.25, -0.2) is 4.79 Å². The van der Waals surface area contributed by atoms with Crippen LogP contribution in [0, 0.1) is 13.8 Å². The summed E-state index contributed by atoms with van der Waals surface area (Å²) in [6.45, 7) is 6.57. The number of hydrogen-bond acceptors (Lipinski definition) is 4. The lowest BCUT2D eigenvalue weighted by Crippen LogP contribution is -2.43. The van der Waals surface area contributed by atoms with Crippen LogP contribution in [0.4, 0.5) is 0 Å². The van der Waals surface area contributed by atoms with Crippen molar-refractivity contribution in [3.8, 4) is 5.75 Å². The lowest BCUT2D eigenvalue weighted by molar-refractivity contribution is -0.161. The quantitative estimate of drug-likeness (QED) is 0.762. The maximum atomic E-state index is 12.6. The molecule has 0 N–H and O–H groups in total. The molecule has 27 heavy (non-hydrogen) atoms. The summed E-state index contributed by atoms with van der Waals surface area (Å²) < 4.78 is 10.8. The summed E-state index contributed by atoms with van der Waals surface area (Å²) in [6.07, 6.45) is -0.00975. The highest BCUT2D eigenvalue weighted by molar-refractivity contribution is 5.84. The average molecular weight is 367 g/mol. The van der Waals surface area contributed by atoms with Crippen LogP contribution < -0.4 is 4.74 Å². The summed E-state index contributed by atoms with van der Waals surface area (Å²) in [5.74, 6) is -0.114. The summed E-state index contributed by atoms with van der Waals surface area (Å²) >= 11 is 0. The van der Waals surface area contributed by atoms with Crippen LogP contribution in [0.2, 0.25) is 0 Å². The number of esters is 1. The lowest BCUT2D eigenvalue weighted by atomic mass is 9.99. The van der Waals surface area contributed by atoms with Gasteiger partial charge in [0, 0.05) is 13.1 Å². The molecule has 1 aliphatic rings. The number of aryl methyl sites for hydroxylation is 2. The Balaban J connectivity index is 1.50. The number of carbonyl (C=O) groups is 2. The Morgan fingerprint density at radius 3 is 2.56 bits per heavy atom. The van der Waals surface area contributed by atoms with Crippen LogP contribution in [0.1, 0.15) is 29.2 Å². The van der Waals surface area contributed by atoms with Gasteiger partial charge in [0.1, 0.15) is 5.75 Å². The van der Waals surface area contributed by atoms with Crippen molar-refractivity contribution < 1.29 is 19.1 Å². The molecule has 2 aromatic carbocycles. The fraction of sp³-hybridized carbons (Fsp3) is 0.364. The molecular formula is C22H25NO4. The van der Waals surface area contributed by atoms with Crippen LogP contribution in [0.15, 0.2) is 42.5 Å². The smallest absolute Gasteiger partial charge is 0.344 e. The minimum absolute atomic E-state index is 0.177. The molecule has 0 aliphatic carbocycles. The van der Waals surface area contributed by atoms with Crippen molar-refractivity contribution in [3.05, 3.63) is 64.7 Å². The Morgan fingerprint density at radius 1 is 1.07 bits per heavy atom. The van der Waals surface area contributed by atoms with Crippen LogP contribution in [0.25, 0.3) is 0 Å². The molecule has 1 atom stereocenters. The van der Waals surface area contributed by atoms with Gasteiger partial charge in [-0.3, -0.25) is 4.79 Å². The third kappa shape index (κ3) is 4.67. The Labute approximate surface area is 159 Å². The Bertz CT molecular complexity index is 846. The summed E-state index contributed by atoms with van der Waals surface area (Å²) in [4.78, 5) is 26.4. The molecule has 0 fully saturated rings. The van der Waals surface area contributed by atoms with Crippen molar-refractivity contribution in [2.24, 2.45) is 0 Å². The molecule has 142 valence electrons. The summed E-state index contributed by atoms with van der Waals surface area (Å²) in [6, 6.07) is 13.7. The van der Waals surface area contributed by atoms with E-state index in [0.29, 0.717) is 18.8 Å². The number of fused-ring (bicyclic) bond motifs is 1. The molecule has 0 saturated carbocycles. The SMILES string of the molecule is Cc1ccc(OCC(=O)O[C@@H](C)C(=O)N2CCc3ccccc3C2)cc1C. The van der Waals surface area contributed by atoms with E-state index in [1.165, 1.54) is 5.56 Å². The molecule has 0 radical (unpaired) electrons. The molecule has 0 spiro atoms. The molecule has 1 aliphatic heterocycles. The van der Waals surface area contributed by atoms with E-state index < -0.39 is 12.1 Å². The zero-order valence-corrected chi connectivity index (χ0v) is 16.0. The standard InChI is InChI=1S/C22H25NO4/c1-15-8-9-20(12-16(15)2)26-14-21(24)27-17(3)22(25)23-11-10-18-6-4-5-7-19(18)13-23/h4-9,12,17H,10-11,13-14H2,1-3H3/t17-/m0/s1. The molecule has 1 amide bonds. The summed E-state index contributed by atoms with van der Waals surface area (Å²) in [7, 11) is 0. The molecule has 0 unspecified atom stereocenters. The van der Waals surface area contributed by atoms with E-state index in [1.807, 2.05) is 50.2 Å². The number of amides is 1. The molecule has 5 nitrogen and oxygen atoms in total. The van der Waals surface area contributed by atoms with E-state index in [0.717, 1.165) is 23.1 Å². The van der Waals surface area contributed by atoms with E-state index in [2.05, 4.69) is 6.07 Å². The van der Waals surface area contributed by atoms with Gasteiger partial charge in [0.25, 0.3) is 5.91 Å². The highest BCUT2D eigenvalue weighted by atomic mass is 16.6. The minimum Gasteiger partial charge on any atom is -0.482 e. The van der Waals surface area contributed by atoms with Crippen molar-refractivity contribution in [1.29, 1.82) is 0 Å². The molecule has 0 saturated heterocycles. The van der Waals surface area contributed by atoms with Gasteiger partial charge >= 0.3 is 5.97 Å². The summed E-state index contributed by atoms with van der Waals surface area (Å²) in [5.41, 5.74) is 4.67.